The van der Waals surface area contributed by atoms with Gasteiger partial charge < -0.3 is 18.7 Å². The molecule has 1 aromatic carbocycles. The van der Waals surface area contributed by atoms with Gasteiger partial charge in [-0.1, -0.05) is 22.8 Å². The quantitative estimate of drug-likeness (QED) is 0.790. The van der Waals surface area contributed by atoms with Crippen molar-refractivity contribution in [3.63, 3.8) is 0 Å². The molecule has 0 saturated carbocycles. The zero-order chi connectivity index (χ0) is 16.4. The molecular formula is C18H19ClN3O2+. The number of furan rings is 1. The summed E-state index contributed by atoms with van der Waals surface area (Å²) in [4.78, 5) is 3.89. The molecule has 1 aliphatic heterocycles. The first kappa shape index (κ1) is 15.3. The number of quaternary nitrogens is 1. The highest BCUT2D eigenvalue weighted by Crippen LogP contribution is 2.21. The minimum Gasteiger partial charge on any atom is -0.461 e. The topological polar surface area (TPSA) is 46.9 Å². The smallest absolute Gasteiger partial charge is 0.202 e. The van der Waals surface area contributed by atoms with E-state index in [0.717, 1.165) is 49.2 Å². The molecule has 6 heteroatoms. The van der Waals surface area contributed by atoms with Gasteiger partial charge in [0, 0.05) is 16.8 Å². The molecule has 4 rings (SSSR count). The molecule has 1 N–H and O–H groups in total. The minimum atomic E-state index is 0.687. The Balaban J connectivity index is 1.35. The number of nitrogens with zero attached hydrogens (tertiary/aromatic N) is 2. The van der Waals surface area contributed by atoms with E-state index in [9.17, 15) is 0 Å². The third-order valence-corrected chi connectivity index (χ3v) is 4.63. The second-order valence-corrected chi connectivity index (χ2v) is 6.49. The lowest BCUT2D eigenvalue weighted by Crippen LogP contribution is -3.13. The van der Waals surface area contributed by atoms with Gasteiger partial charge in [-0.05, 0) is 30.3 Å². The lowest BCUT2D eigenvalue weighted by molar-refractivity contribution is -0.914. The molecule has 3 heterocycles. The van der Waals surface area contributed by atoms with Crippen LogP contribution in [0.5, 0.6) is 0 Å². The molecule has 3 aromatic rings. The fourth-order valence-corrected chi connectivity index (χ4v) is 3.30. The van der Waals surface area contributed by atoms with Gasteiger partial charge in [0.1, 0.15) is 12.2 Å². The number of hydrogen-bond acceptors (Lipinski definition) is 4. The Labute approximate surface area is 145 Å². The zero-order valence-electron chi connectivity index (χ0n) is 13.2. The number of aromatic nitrogens is 1. The lowest BCUT2D eigenvalue weighted by atomic mass is 10.2. The summed E-state index contributed by atoms with van der Waals surface area (Å²) in [6.07, 6.45) is 1.64. The summed E-state index contributed by atoms with van der Waals surface area (Å²) in [6.45, 7) is 5.02. The molecule has 0 amide bonds. The maximum Gasteiger partial charge on any atom is 0.202 e. The van der Waals surface area contributed by atoms with Crippen molar-refractivity contribution in [1.29, 1.82) is 0 Å². The zero-order valence-corrected chi connectivity index (χ0v) is 14.0. The highest BCUT2D eigenvalue weighted by molar-refractivity contribution is 6.30. The van der Waals surface area contributed by atoms with Gasteiger partial charge in [-0.25, -0.2) is 0 Å². The summed E-state index contributed by atoms with van der Waals surface area (Å²) < 4.78 is 10.7. The maximum absolute atomic E-state index is 6.09. The number of rotatable bonds is 4. The predicted octanol–water partition coefficient (Wildman–Crippen LogP) is 2.49. The van der Waals surface area contributed by atoms with Crippen LogP contribution in [0.15, 0.2) is 57.7 Å². The van der Waals surface area contributed by atoms with E-state index >= 15 is 0 Å². The molecule has 0 radical (unpaired) electrons. The lowest BCUT2D eigenvalue weighted by Gasteiger charge is -2.33. The largest absolute Gasteiger partial charge is 0.461 e. The SMILES string of the molecule is Clc1cccc(N2CC[NH+](Cc3cc(-c4ccco4)on3)CC2)c1. The normalized spacial score (nSPS) is 15.8. The predicted molar refractivity (Wildman–Crippen MR) is 92.3 cm³/mol. The summed E-state index contributed by atoms with van der Waals surface area (Å²) in [5.74, 6) is 1.40. The Bertz CT molecular complexity index is 792. The molecule has 0 bridgehead atoms. The fourth-order valence-electron chi connectivity index (χ4n) is 3.12. The molecule has 1 fully saturated rings. The third-order valence-electron chi connectivity index (χ3n) is 4.40. The highest BCUT2D eigenvalue weighted by atomic mass is 35.5. The van der Waals surface area contributed by atoms with Crippen molar-refractivity contribution < 1.29 is 13.8 Å². The summed E-state index contributed by atoms with van der Waals surface area (Å²) in [6, 6.07) is 13.7. The van der Waals surface area contributed by atoms with Crippen LogP contribution in [-0.4, -0.2) is 31.3 Å². The molecule has 2 aromatic heterocycles. The van der Waals surface area contributed by atoms with E-state index < -0.39 is 0 Å². The molecule has 1 saturated heterocycles. The first-order valence-corrected chi connectivity index (χ1v) is 8.49. The van der Waals surface area contributed by atoms with Crippen LogP contribution >= 0.6 is 11.6 Å². The van der Waals surface area contributed by atoms with E-state index in [1.165, 1.54) is 10.6 Å². The van der Waals surface area contributed by atoms with Crippen LogP contribution in [-0.2, 0) is 6.54 Å². The molecule has 124 valence electrons. The Morgan fingerprint density at radius 1 is 1.08 bits per heavy atom. The van der Waals surface area contributed by atoms with Crippen molar-refractivity contribution in [2.45, 2.75) is 6.54 Å². The van der Waals surface area contributed by atoms with E-state index in [1.54, 1.807) is 6.26 Å². The summed E-state index contributed by atoms with van der Waals surface area (Å²) in [5.41, 5.74) is 2.16. The van der Waals surface area contributed by atoms with Gasteiger partial charge >= 0.3 is 0 Å². The molecule has 0 spiro atoms. The van der Waals surface area contributed by atoms with Gasteiger partial charge in [0.2, 0.25) is 5.76 Å². The van der Waals surface area contributed by atoms with Gasteiger partial charge in [-0.3, -0.25) is 0 Å². The number of benzene rings is 1. The van der Waals surface area contributed by atoms with E-state index in [0.29, 0.717) is 5.76 Å². The van der Waals surface area contributed by atoms with Crippen molar-refractivity contribution in [3.05, 3.63) is 59.4 Å². The van der Waals surface area contributed by atoms with E-state index in [-0.39, 0.29) is 0 Å². The molecule has 0 unspecified atom stereocenters. The van der Waals surface area contributed by atoms with Crippen LogP contribution in [0.25, 0.3) is 11.5 Å². The Morgan fingerprint density at radius 3 is 2.71 bits per heavy atom. The number of anilines is 1. The summed E-state index contributed by atoms with van der Waals surface area (Å²) >= 11 is 6.09. The average molecular weight is 345 g/mol. The molecule has 0 aliphatic carbocycles. The minimum absolute atomic E-state index is 0.687. The standard InChI is InChI=1S/C18H18ClN3O2/c19-14-3-1-4-16(11-14)22-8-6-21(7-9-22)13-15-12-18(24-20-15)17-5-2-10-23-17/h1-5,10-12H,6-9,13H2/p+1. The van der Waals surface area contributed by atoms with E-state index in [4.69, 9.17) is 20.5 Å². The van der Waals surface area contributed by atoms with Gasteiger partial charge in [0.05, 0.1) is 32.4 Å². The highest BCUT2D eigenvalue weighted by Gasteiger charge is 2.22. The van der Waals surface area contributed by atoms with Gasteiger partial charge in [0.15, 0.2) is 5.76 Å². The van der Waals surface area contributed by atoms with Gasteiger partial charge in [-0.2, -0.15) is 0 Å². The number of piperazine rings is 1. The van der Waals surface area contributed by atoms with Crippen molar-refractivity contribution in [1.82, 2.24) is 5.16 Å². The third kappa shape index (κ3) is 3.32. The van der Waals surface area contributed by atoms with E-state index in [1.807, 2.05) is 36.4 Å². The van der Waals surface area contributed by atoms with Crippen molar-refractivity contribution in [2.24, 2.45) is 0 Å². The molecule has 5 nitrogen and oxygen atoms in total. The monoisotopic (exact) mass is 344 g/mol. The maximum atomic E-state index is 6.09. The Morgan fingerprint density at radius 2 is 1.96 bits per heavy atom. The second-order valence-electron chi connectivity index (χ2n) is 6.05. The van der Waals surface area contributed by atoms with E-state index in [2.05, 4.69) is 16.1 Å². The van der Waals surface area contributed by atoms with Crippen molar-refractivity contribution in [2.75, 3.05) is 31.1 Å². The van der Waals surface area contributed by atoms with Crippen molar-refractivity contribution in [3.8, 4) is 11.5 Å². The summed E-state index contributed by atoms with van der Waals surface area (Å²) in [7, 11) is 0. The fraction of sp³-hybridized carbons (Fsp3) is 0.278. The first-order valence-electron chi connectivity index (χ1n) is 8.11. The van der Waals surface area contributed by atoms with Gasteiger partial charge in [0.25, 0.3) is 0 Å². The Kier molecular flexibility index (Phi) is 4.28. The van der Waals surface area contributed by atoms with Gasteiger partial charge in [-0.15, -0.1) is 0 Å². The average Bonchev–Trinajstić information content (AvgIpc) is 3.27. The van der Waals surface area contributed by atoms with Crippen LogP contribution < -0.4 is 9.80 Å². The van der Waals surface area contributed by atoms with Crippen LogP contribution in [0.3, 0.4) is 0 Å². The number of halogens is 1. The second kappa shape index (κ2) is 6.71. The molecule has 0 atom stereocenters. The molecular weight excluding hydrogens is 326 g/mol. The Hall–Kier alpha value is -2.24. The van der Waals surface area contributed by atoms with Crippen molar-refractivity contribution >= 4 is 17.3 Å². The van der Waals surface area contributed by atoms with Crippen LogP contribution in [0, 0.1) is 0 Å². The molecule has 24 heavy (non-hydrogen) atoms. The van der Waals surface area contributed by atoms with Crippen LogP contribution in [0.1, 0.15) is 5.69 Å². The number of nitrogens with one attached hydrogen (secondary N) is 1. The molecule has 1 aliphatic rings. The summed E-state index contributed by atoms with van der Waals surface area (Å²) in [5, 5.41) is 4.96. The van der Waals surface area contributed by atoms with Crippen LogP contribution in [0.4, 0.5) is 5.69 Å². The van der Waals surface area contributed by atoms with Crippen LogP contribution in [0.2, 0.25) is 5.02 Å². The number of hydrogen-bond donors (Lipinski definition) is 1. The first-order chi connectivity index (χ1) is 11.8.